The van der Waals surface area contributed by atoms with E-state index in [0.29, 0.717) is 17.9 Å². The van der Waals surface area contributed by atoms with E-state index in [1.807, 2.05) is 0 Å². The Kier molecular flexibility index (Phi) is 6.05. The number of benzene rings is 1. The van der Waals surface area contributed by atoms with Crippen LogP contribution in [0.3, 0.4) is 0 Å². The van der Waals surface area contributed by atoms with Crippen LogP contribution in [0.15, 0.2) is 43.4 Å². The molecule has 0 aliphatic carbocycles. The molecule has 3 aromatic rings. The van der Waals surface area contributed by atoms with E-state index in [9.17, 15) is 14.0 Å². The molecule has 0 unspecified atom stereocenters. The van der Waals surface area contributed by atoms with E-state index in [4.69, 9.17) is 27.9 Å². The fourth-order valence-electron chi connectivity index (χ4n) is 3.06. The normalized spacial score (nSPS) is 16.1. The quantitative estimate of drug-likeness (QED) is 0.531. The average molecular weight is 468 g/mol. The monoisotopic (exact) mass is 467 g/mol. The SMILES string of the molecule is O=C(NC[C@H]1CN(c2ccc(-n3cnc(Cn4cncn4)c3)c(F)c2)C(=O)O1)C(Cl)Cl. The Morgan fingerprint density at radius 3 is 2.90 bits per heavy atom. The number of amides is 2. The first-order valence-corrected chi connectivity index (χ1v) is 9.97. The van der Waals surface area contributed by atoms with Gasteiger partial charge in [-0.05, 0) is 18.2 Å². The molecule has 0 radical (unpaired) electrons. The summed E-state index contributed by atoms with van der Waals surface area (Å²) in [6, 6.07) is 4.38. The van der Waals surface area contributed by atoms with Crippen molar-refractivity contribution < 1.29 is 18.7 Å². The maximum absolute atomic E-state index is 14.8. The number of aromatic nitrogens is 5. The van der Waals surface area contributed by atoms with Gasteiger partial charge in [-0.2, -0.15) is 5.10 Å². The van der Waals surface area contributed by atoms with Gasteiger partial charge in [0.05, 0.1) is 43.0 Å². The number of nitrogens with zero attached hydrogens (tertiary/aromatic N) is 6. The molecule has 0 spiro atoms. The molecule has 2 amide bonds. The van der Waals surface area contributed by atoms with Crippen LogP contribution in [-0.4, -0.2) is 60.3 Å². The summed E-state index contributed by atoms with van der Waals surface area (Å²) in [5.74, 6) is -1.13. The number of alkyl halides is 2. The summed E-state index contributed by atoms with van der Waals surface area (Å²) in [5, 5.41) is 6.48. The highest BCUT2D eigenvalue weighted by Crippen LogP contribution is 2.25. The maximum atomic E-state index is 14.8. The third kappa shape index (κ3) is 4.78. The van der Waals surface area contributed by atoms with Gasteiger partial charge in [-0.25, -0.2) is 23.8 Å². The van der Waals surface area contributed by atoms with E-state index in [1.54, 1.807) is 33.9 Å². The van der Waals surface area contributed by atoms with E-state index in [-0.39, 0.29) is 18.8 Å². The number of nitrogens with one attached hydrogen (secondary N) is 1. The molecule has 10 nitrogen and oxygen atoms in total. The minimum atomic E-state index is -1.21. The van der Waals surface area contributed by atoms with E-state index in [2.05, 4.69) is 20.4 Å². The Bertz CT molecular complexity index is 1090. The Hall–Kier alpha value is -3.18. The zero-order valence-electron chi connectivity index (χ0n) is 15.9. The number of rotatable bonds is 7. The molecule has 0 saturated carbocycles. The van der Waals surface area contributed by atoms with Gasteiger partial charge < -0.3 is 14.6 Å². The first-order chi connectivity index (χ1) is 14.9. The topological polar surface area (TPSA) is 107 Å². The Morgan fingerprint density at radius 2 is 2.19 bits per heavy atom. The lowest BCUT2D eigenvalue weighted by molar-refractivity contribution is -0.119. The van der Waals surface area contributed by atoms with Crippen molar-refractivity contribution in [2.45, 2.75) is 17.5 Å². The van der Waals surface area contributed by atoms with Crippen molar-refractivity contribution in [3.8, 4) is 5.69 Å². The zero-order valence-corrected chi connectivity index (χ0v) is 17.4. The molecule has 1 fully saturated rings. The zero-order chi connectivity index (χ0) is 22.0. The molecule has 4 rings (SSSR count). The smallest absolute Gasteiger partial charge is 0.414 e. The predicted molar refractivity (Wildman–Crippen MR) is 109 cm³/mol. The summed E-state index contributed by atoms with van der Waals surface area (Å²) in [6.45, 7) is 0.583. The standard InChI is InChI=1S/C18H16Cl2FN7O3/c19-16(20)17(29)23-4-13-7-28(18(30)31-13)12-1-2-15(14(21)3-12)26-5-11(24-10-26)6-27-9-22-8-25-27/h1-3,5,8-10,13,16H,4,6-7H2,(H,23,29)/t13-/m0/s1. The summed E-state index contributed by atoms with van der Waals surface area (Å²) in [6.07, 6.45) is 4.91. The summed E-state index contributed by atoms with van der Waals surface area (Å²) < 4.78 is 23.1. The van der Waals surface area contributed by atoms with Gasteiger partial charge in [0.25, 0.3) is 5.91 Å². The van der Waals surface area contributed by atoms with Gasteiger partial charge >= 0.3 is 6.09 Å². The van der Waals surface area contributed by atoms with E-state index in [1.165, 1.54) is 23.6 Å². The van der Waals surface area contributed by atoms with Gasteiger partial charge in [-0.1, -0.05) is 23.2 Å². The molecule has 13 heteroatoms. The highest BCUT2D eigenvalue weighted by atomic mass is 35.5. The van der Waals surface area contributed by atoms with Crippen LogP contribution < -0.4 is 10.2 Å². The van der Waals surface area contributed by atoms with Gasteiger partial charge in [0.15, 0.2) is 4.84 Å². The molecule has 1 aromatic carbocycles. The van der Waals surface area contributed by atoms with Crippen molar-refractivity contribution in [2.75, 3.05) is 18.0 Å². The molecule has 1 aliphatic heterocycles. The molecule has 162 valence electrons. The number of carbonyl (C=O) groups is 2. The van der Waals surface area contributed by atoms with Gasteiger partial charge in [0, 0.05) is 6.20 Å². The lowest BCUT2D eigenvalue weighted by Gasteiger charge is -2.14. The number of imidazole rings is 1. The van der Waals surface area contributed by atoms with Crippen LogP contribution in [0.4, 0.5) is 14.9 Å². The predicted octanol–water partition coefficient (Wildman–Crippen LogP) is 1.90. The molecule has 1 saturated heterocycles. The van der Waals surface area contributed by atoms with Crippen LogP contribution >= 0.6 is 23.2 Å². The number of ether oxygens (including phenoxy) is 1. The summed E-state index contributed by atoms with van der Waals surface area (Å²) in [4.78, 5) is 31.8. The third-order valence-corrected chi connectivity index (χ3v) is 4.92. The van der Waals surface area contributed by atoms with Crippen molar-refractivity contribution in [1.82, 2.24) is 29.6 Å². The van der Waals surface area contributed by atoms with E-state index in [0.717, 1.165) is 0 Å². The second-order valence-corrected chi connectivity index (χ2v) is 7.76. The summed E-state index contributed by atoms with van der Waals surface area (Å²) in [7, 11) is 0. The second kappa shape index (κ2) is 8.90. The fourth-order valence-corrected chi connectivity index (χ4v) is 3.21. The van der Waals surface area contributed by atoms with Crippen molar-refractivity contribution in [3.05, 3.63) is 54.9 Å². The summed E-state index contributed by atoms with van der Waals surface area (Å²) in [5.41, 5.74) is 1.28. The third-order valence-electron chi connectivity index (χ3n) is 4.52. The van der Waals surface area contributed by atoms with Gasteiger partial charge in [-0.3, -0.25) is 9.69 Å². The Morgan fingerprint density at radius 1 is 1.35 bits per heavy atom. The maximum Gasteiger partial charge on any atom is 0.414 e. The first kappa shape index (κ1) is 21.1. The largest absolute Gasteiger partial charge is 0.442 e. The second-order valence-electron chi connectivity index (χ2n) is 6.66. The van der Waals surface area contributed by atoms with Crippen LogP contribution in [0, 0.1) is 5.82 Å². The van der Waals surface area contributed by atoms with E-state index >= 15 is 0 Å². The minimum Gasteiger partial charge on any atom is -0.442 e. The molecule has 1 N–H and O–H groups in total. The average Bonchev–Trinajstić information content (AvgIpc) is 3.48. The summed E-state index contributed by atoms with van der Waals surface area (Å²) >= 11 is 10.9. The first-order valence-electron chi connectivity index (χ1n) is 9.10. The van der Waals surface area contributed by atoms with Gasteiger partial charge in [0.2, 0.25) is 0 Å². The Labute approximate surface area is 185 Å². The van der Waals surface area contributed by atoms with Gasteiger partial charge in [0.1, 0.15) is 24.6 Å². The van der Waals surface area contributed by atoms with Crippen molar-refractivity contribution in [3.63, 3.8) is 0 Å². The molecular weight excluding hydrogens is 452 g/mol. The number of anilines is 1. The van der Waals surface area contributed by atoms with Crippen LogP contribution in [0.5, 0.6) is 0 Å². The molecular formula is C18H16Cl2FN7O3. The number of hydrogen-bond acceptors (Lipinski definition) is 6. The lowest BCUT2D eigenvalue weighted by atomic mass is 10.2. The van der Waals surface area contributed by atoms with Crippen LogP contribution in [0.1, 0.15) is 5.69 Å². The molecule has 3 heterocycles. The van der Waals surface area contributed by atoms with Gasteiger partial charge in [-0.15, -0.1) is 0 Å². The highest BCUT2D eigenvalue weighted by molar-refractivity contribution is 6.53. The van der Waals surface area contributed by atoms with Crippen molar-refractivity contribution in [1.29, 1.82) is 0 Å². The van der Waals surface area contributed by atoms with Crippen LogP contribution in [0.25, 0.3) is 5.69 Å². The van der Waals surface area contributed by atoms with Crippen LogP contribution in [-0.2, 0) is 16.1 Å². The minimum absolute atomic E-state index is 0.0428. The number of cyclic esters (lactones) is 1. The number of hydrogen-bond donors (Lipinski definition) is 1. The molecule has 2 aromatic heterocycles. The molecule has 1 aliphatic rings. The van der Waals surface area contributed by atoms with Crippen molar-refractivity contribution in [2.24, 2.45) is 0 Å². The van der Waals surface area contributed by atoms with E-state index < -0.39 is 28.8 Å². The number of halogens is 3. The molecule has 1 atom stereocenters. The molecule has 0 bridgehead atoms. The molecule has 31 heavy (non-hydrogen) atoms. The van der Waals surface area contributed by atoms with Crippen molar-refractivity contribution >= 4 is 40.9 Å². The highest BCUT2D eigenvalue weighted by Gasteiger charge is 2.33. The van der Waals surface area contributed by atoms with Crippen LogP contribution in [0.2, 0.25) is 0 Å². The Balaban J connectivity index is 1.43. The lowest BCUT2D eigenvalue weighted by Crippen LogP contribution is -2.37. The fraction of sp³-hybridized carbons (Fsp3) is 0.278. The number of carbonyl (C=O) groups excluding carboxylic acids is 2.